The number of carbonyl (C=O) groups excluding carboxylic acids is 1. The number of benzene rings is 2. The second-order valence-corrected chi connectivity index (χ2v) is 9.47. The Morgan fingerprint density at radius 2 is 1.69 bits per heavy atom. The fourth-order valence-electron chi connectivity index (χ4n) is 5.09. The first-order valence-corrected chi connectivity index (χ1v) is 12.1. The first-order valence-electron chi connectivity index (χ1n) is 12.1. The Morgan fingerprint density at radius 3 is 2.47 bits per heavy atom. The van der Waals surface area contributed by atoms with Gasteiger partial charge in [0, 0.05) is 43.5 Å². The summed E-state index contributed by atoms with van der Waals surface area (Å²) < 4.78 is 2.05. The summed E-state index contributed by atoms with van der Waals surface area (Å²) in [5.41, 5.74) is 3.25. The molecule has 5 nitrogen and oxygen atoms in total. The van der Waals surface area contributed by atoms with Crippen molar-refractivity contribution in [1.82, 2.24) is 20.0 Å². The quantitative estimate of drug-likeness (QED) is 0.486. The minimum absolute atomic E-state index is 0.144. The number of nitrogens with zero attached hydrogens (tertiary/aromatic N) is 3. The number of likely N-dealkylation sites (tertiary alicyclic amines) is 1. The summed E-state index contributed by atoms with van der Waals surface area (Å²) in [6.45, 7) is 9.66. The van der Waals surface area contributed by atoms with Crippen LogP contribution in [0.5, 0.6) is 0 Å². The molecule has 2 unspecified atom stereocenters. The summed E-state index contributed by atoms with van der Waals surface area (Å²) in [6, 6.07) is 18.6. The van der Waals surface area contributed by atoms with Gasteiger partial charge in [0.2, 0.25) is 5.91 Å². The van der Waals surface area contributed by atoms with Crippen LogP contribution in [0.3, 0.4) is 0 Å². The van der Waals surface area contributed by atoms with Crippen molar-refractivity contribution >= 4 is 16.8 Å². The molecule has 1 aliphatic rings. The number of hydrogen-bond acceptors (Lipinski definition) is 3. The van der Waals surface area contributed by atoms with Crippen molar-refractivity contribution in [3.63, 3.8) is 0 Å². The van der Waals surface area contributed by atoms with E-state index in [1.807, 2.05) is 28.9 Å². The van der Waals surface area contributed by atoms with E-state index >= 15 is 0 Å². The minimum atomic E-state index is 0.144. The van der Waals surface area contributed by atoms with Crippen molar-refractivity contribution in [2.45, 2.75) is 46.1 Å². The number of aromatic nitrogens is 2. The fourth-order valence-corrected chi connectivity index (χ4v) is 5.09. The molecule has 1 fully saturated rings. The monoisotopic (exact) mass is 432 g/mol. The molecule has 1 saturated heterocycles. The molecule has 4 rings (SSSR count). The van der Waals surface area contributed by atoms with E-state index in [-0.39, 0.29) is 5.91 Å². The van der Waals surface area contributed by atoms with Gasteiger partial charge in [0.05, 0.1) is 5.52 Å². The van der Waals surface area contributed by atoms with Crippen LogP contribution in [0.15, 0.2) is 54.6 Å². The Morgan fingerprint density at radius 1 is 0.969 bits per heavy atom. The first-order chi connectivity index (χ1) is 15.6. The van der Waals surface area contributed by atoms with Gasteiger partial charge in [-0.1, -0.05) is 62.4 Å². The Labute approximate surface area is 191 Å². The van der Waals surface area contributed by atoms with E-state index in [0.29, 0.717) is 6.42 Å². The lowest BCUT2D eigenvalue weighted by atomic mass is 9.92. The molecule has 1 N–H and O–H groups in total. The van der Waals surface area contributed by atoms with Gasteiger partial charge in [-0.25, -0.2) is 0 Å². The van der Waals surface area contributed by atoms with Crippen LogP contribution >= 0.6 is 0 Å². The van der Waals surface area contributed by atoms with Gasteiger partial charge in [0.15, 0.2) is 0 Å². The SMILES string of the molecule is CC1CC(C)CN(CCCNC(=O)CCCn2nc(-c3ccccc3)c3ccccc32)C1. The van der Waals surface area contributed by atoms with Crippen molar-refractivity contribution in [2.24, 2.45) is 11.8 Å². The summed E-state index contributed by atoms with van der Waals surface area (Å²) in [7, 11) is 0. The number of piperidine rings is 1. The van der Waals surface area contributed by atoms with E-state index in [9.17, 15) is 4.79 Å². The summed E-state index contributed by atoms with van der Waals surface area (Å²) in [5.74, 6) is 1.72. The van der Waals surface area contributed by atoms with Crippen molar-refractivity contribution < 1.29 is 4.79 Å². The number of para-hydroxylation sites is 1. The zero-order chi connectivity index (χ0) is 22.3. The smallest absolute Gasteiger partial charge is 0.220 e. The summed E-state index contributed by atoms with van der Waals surface area (Å²) in [6.07, 6.45) is 3.68. The van der Waals surface area contributed by atoms with Gasteiger partial charge in [-0.3, -0.25) is 9.48 Å². The Hall–Kier alpha value is -2.66. The van der Waals surface area contributed by atoms with Gasteiger partial charge < -0.3 is 10.2 Å². The van der Waals surface area contributed by atoms with E-state index in [1.165, 1.54) is 19.5 Å². The lowest BCUT2D eigenvalue weighted by Crippen LogP contribution is -2.40. The molecular weight excluding hydrogens is 396 g/mol. The van der Waals surface area contributed by atoms with Crippen LogP contribution in [0.1, 0.15) is 39.5 Å². The summed E-state index contributed by atoms with van der Waals surface area (Å²) in [5, 5.41) is 9.14. The largest absolute Gasteiger partial charge is 0.356 e. The Bertz CT molecular complexity index is 1000. The number of nitrogens with one attached hydrogen (secondary N) is 1. The lowest BCUT2D eigenvalue weighted by molar-refractivity contribution is -0.121. The maximum Gasteiger partial charge on any atom is 0.220 e. The van der Waals surface area contributed by atoms with Crippen LogP contribution in [0, 0.1) is 11.8 Å². The number of rotatable bonds is 9. The van der Waals surface area contributed by atoms with Crippen LogP contribution in [-0.2, 0) is 11.3 Å². The number of hydrogen-bond donors (Lipinski definition) is 1. The normalized spacial score (nSPS) is 19.3. The van der Waals surface area contributed by atoms with E-state index in [4.69, 9.17) is 5.10 Å². The average Bonchev–Trinajstić information content (AvgIpc) is 3.16. The highest BCUT2D eigenvalue weighted by atomic mass is 16.1. The van der Waals surface area contributed by atoms with Crippen LogP contribution in [0.2, 0.25) is 0 Å². The highest BCUT2D eigenvalue weighted by Crippen LogP contribution is 2.28. The second-order valence-electron chi connectivity index (χ2n) is 9.47. The second kappa shape index (κ2) is 10.8. The van der Waals surface area contributed by atoms with Gasteiger partial charge in [-0.2, -0.15) is 5.10 Å². The summed E-state index contributed by atoms with van der Waals surface area (Å²) >= 11 is 0. The average molecular weight is 433 g/mol. The third-order valence-electron chi connectivity index (χ3n) is 6.40. The molecule has 0 aliphatic carbocycles. The molecule has 2 aromatic carbocycles. The fraction of sp³-hybridized carbons (Fsp3) is 0.481. The van der Waals surface area contributed by atoms with E-state index < -0.39 is 0 Å². The zero-order valence-electron chi connectivity index (χ0n) is 19.5. The van der Waals surface area contributed by atoms with E-state index in [2.05, 4.69) is 54.4 Å². The molecule has 5 heteroatoms. The number of fused-ring (bicyclic) bond motifs is 1. The molecule has 0 spiro atoms. The summed E-state index contributed by atoms with van der Waals surface area (Å²) in [4.78, 5) is 14.9. The van der Waals surface area contributed by atoms with E-state index in [0.717, 1.165) is 66.5 Å². The van der Waals surface area contributed by atoms with Crippen molar-refractivity contribution in [1.29, 1.82) is 0 Å². The Kier molecular flexibility index (Phi) is 7.59. The predicted octanol–water partition coefficient (Wildman–Crippen LogP) is 4.97. The first kappa shape index (κ1) is 22.5. The molecule has 2 atom stereocenters. The number of carbonyl (C=O) groups is 1. The maximum atomic E-state index is 12.3. The number of amides is 1. The predicted molar refractivity (Wildman–Crippen MR) is 131 cm³/mol. The molecule has 1 aromatic heterocycles. The molecule has 3 aromatic rings. The molecular formula is C27H36N4O. The Balaban J connectivity index is 1.24. The van der Waals surface area contributed by atoms with Crippen LogP contribution in [0.25, 0.3) is 22.2 Å². The van der Waals surface area contributed by atoms with Gasteiger partial charge in [0.25, 0.3) is 0 Å². The van der Waals surface area contributed by atoms with Gasteiger partial charge in [-0.15, -0.1) is 0 Å². The lowest BCUT2D eigenvalue weighted by Gasteiger charge is -2.34. The van der Waals surface area contributed by atoms with Crippen molar-refractivity contribution in [3.8, 4) is 11.3 Å². The van der Waals surface area contributed by atoms with Crippen molar-refractivity contribution in [2.75, 3.05) is 26.2 Å². The van der Waals surface area contributed by atoms with E-state index in [1.54, 1.807) is 0 Å². The van der Waals surface area contributed by atoms with Crippen LogP contribution < -0.4 is 5.32 Å². The zero-order valence-corrected chi connectivity index (χ0v) is 19.5. The molecule has 170 valence electrons. The molecule has 1 aliphatic heterocycles. The highest BCUT2D eigenvalue weighted by molar-refractivity contribution is 5.93. The van der Waals surface area contributed by atoms with Crippen molar-refractivity contribution in [3.05, 3.63) is 54.6 Å². The van der Waals surface area contributed by atoms with Gasteiger partial charge in [0.1, 0.15) is 5.69 Å². The maximum absolute atomic E-state index is 12.3. The third-order valence-corrected chi connectivity index (χ3v) is 6.40. The topological polar surface area (TPSA) is 50.2 Å². The van der Waals surface area contributed by atoms with Gasteiger partial charge in [-0.05, 0) is 43.7 Å². The molecule has 0 radical (unpaired) electrons. The van der Waals surface area contributed by atoms with Gasteiger partial charge >= 0.3 is 0 Å². The third kappa shape index (κ3) is 5.77. The number of aryl methyl sites for hydroxylation is 1. The molecule has 2 heterocycles. The van der Waals surface area contributed by atoms with Crippen LogP contribution in [-0.4, -0.2) is 46.8 Å². The minimum Gasteiger partial charge on any atom is -0.356 e. The molecule has 0 saturated carbocycles. The molecule has 1 amide bonds. The standard InChI is InChI=1S/C27H36N4O/c1-21-18-22(2)20-30(19-21)16-9-15-28-26(32)14-8-17-31-25-13-7-6-12-24(25)27(29-31)23-10-4-3-5-11-23/h3-7,10-13,21-22H,8-9,14-20H2,1-2H3,(H,28,32). The molecule has 0 bridgehead atoms. The highest BCUT2D eigenvalue weighted by Gasteiger charge is 2.21. The molecule has 32 heavy (non-hydrogen) atoms. The van der Waals surface area contributed by atoms with Crippen LogP contribution in [0.4, 0.5) is 0 Å².